The SMILES string of the molecule is CN(C)c1cccc(NC(=NC2CC2)NN)c1. The van der Waals surface area contributed by atoms with Gasteiger partial charge in [-0.05, 0) is 31.0 Å². The molecule has 0 radical (unpaired) electrons. The van der Waals surface area contributed by atoms with E-state index >= 15 is 0 Å². The Kier molecular flexibility index (Phi) is 3.49. The first-order chi connectivity index (χ1) is 8.19. The largest absolute Gasteiger partial charge is 0.378 e. The van der Waals surface area contributed by atoms with Gasteiger partial charge in [0.1, 0.15) is 0 Å². The monoisotopic (exact) mass is 233 g/mol. The normalized spacial score (nSPS) is 15.6. The first kappa shape index (κ1) is 11.7. The summed E-state index contributed by atoms with van der Waals surface area (Å²) in [5.41, 5.74) is 4.71. The Morgan fingerprint density at radius 3 is 2.76 bits per heavy atom. The summed E-state index contributed by atoms with van der Waals surface area (Å²) in [5, 5.41) is 3.18. The Bertz CT molecular complexity index is 409. The van der Waals surface area contributed by atoms with Crippen molar-refractivity contribution in [2.45, 2.75) is 18.9 Å². The van der Waals surface area contributed by atoms with Crippen LogP contribution >= 0.6 is 0 Å². The lowest BCUT2D eigenvalue weighted by Gasteiger charge is -2.15. The molecule has 17 heavy (non-hydrogen) atoms. The third kappa shape index (κ3) is 3.35. The molecule has 1 aliphatic carbocycles. The Balaban J connectivity index is 2.08. The van der Waals surface area contributed by atoms with Crippen molar-refractivity contribution in [3.8, 4) is 0 Å². The quantitative estimate of drug-likeness (QED) is 0.317. The zero-order valence-electron chi connectivity index (χ0n) is 10.3. The molecule has 4 N–H and O–H groups in total. The van der Waals surface area contributed by atoms with Gasteiger partial charge in [-0.25, -0.2) is 10.8 Å². The molecular weight excluding hydrogens is 214 g/mol. The molecule has 1 saturated carbocycles. The summed E-state index contributed by atoms with van der Waals surface area (Å²) in [4.78, 5) is 6.49. The van der Waals surface area contributed by atoms with Gasteiger partial charge >= 0.3 is 0 Å². The number of hydrogen-bond acceptors (Lipinski definition) is 3. The van der Waals surface area contributed by atoms with Crippen molar-refractivity contribution in [1.29, 1.82) is 0 Å². The van der Waals surface area contributed by atoms with Crippen LogP contribution in [0.1, 0.15) is 12.8 Å². The van der Waals surface area contributed by atoms with Gasteiger partial charge in [0, 0.05) is 25.5 Å². The minimum absolute atomic E-state index is 0.436. The number of aliphatic imine (C=N–C) groups is 1. The van der Waals surface area contributed by atoms with Crippen LogP contribution in [0.2, 0.25) is 0 Å². The highest BCUT2D eigenvalue weighted by Crippen LogP contribution is 2.23. The van der Waals surface area contributed by atoms with Crippen LogP contribution in [-0.4, -0.2) is 26.1 Å². The molecule has 0 aromatic heterocycles. The van der Waals surface area contributed by atoms with Crippen molar-refractivity contribution in [3.63, 3.8) is 0 Å². The van der Waals surface area contributed by atoms with Crippen molar-refractivity contribution >= 4 is 17.3 Å². The molecule has 0 spiro atoms. The summed E-state index contributed by atoms with van der Waals surface area (Å²) in [5.74, 6) is 6.07. The smallest absolute Gasteiger partial charge is 0.210 e. The molecule has 0 heterocycles. The second kappa shape index (κ2) is 5.05. The van der Waals surface area contributed by atoms with Gasteiger partial charge in [0.15, 0.2) is 0 Å². The first-order valence-corrected chi connectivity index (χ1v) is 5.78. The maximum Gasteiger partial charge on any atom is 0.210 e. The summed E-state index contributed by atoms with van der Waals surface area (Å²) in [6.07, 6.45) is 2.31. The van der Waals surface area contributed by atoms with Crippen LogP contribution in [0.25, 0.3) is 0 Å². The Hall–Kier alpha value is -1.75. The minimum atomic E-state index is 0.436. The first-order valence-electron chi connectivity index (χ1n) is 5.78. The van der Waals surface area contributed by atoms with Gasteiger partial charge in [-0.15, -0.1) is 0 Å². The van der Waals surface area contributed by atoms with Crippen LogP contribution in [0.3, 0.4) is 0 Å². The molecular formula is C12H19N5. The predicted molar refractivity (Wildman–Crippen MR) is 72.2 cm³/mol. The molecule has 1 aromatic rings. The van der Waals surface area contributed by atoms with Crippen LogP contribution in [0.15, 0.2) is 29.3 Å². The lowest BCUT2D eigenvalue weighted by atomic mass is 10.2. The fraction of sp³-hybridized carbons (Fsp3) is 0.417. The molecule has 0 unspecified atom stereocenters. The highest BCUT2D eigenvalue weighted by Gasteiger charge is 2.20. The van der Waals surface area contributed by atoms with Gasteiger partial charge in [0.05, 0.1) is 6.04 Å². The Labute approximate surface area is 102 Å². The fourth-order valence-corrected chi connectivity index (χ4v) is 1.49. The maximum absolute atomic E-state index is 5.44. The number of rotatable bonds is 3. The van der Waals surface area contributed by atoms with Gasteiger partial charge in [0.25, 0.3) is 0 Å². The predicted octanol–water partition coefficient (Wildman–Crippen LogP) is 1.15. The molecule has 0 aliphatic heterocycles. The molecule has 0 atom stereocenters. The van der Waals surface area contributed by atoms with E-state index in [1.54, 1.807) is 0 Å². The van der Waals surface area contributed by atoms with Crippen LogP contribution in [0.4, 0.5) is 11.4 Å². The highest BCUT2D eigenvalue weighted by molar-refractivity contribution is 5.93. The average molecular weight is 233 g/mol. The van der Waals surface area contributed by atoms with Gasteiger partial charge in [-0.2, -0.15) is 0 Å². The Morgan fingerprint density at radius 1 is 1.41 bits per heavy atom. The Morgan fingerprint density at radius 2 is 2.18 bits per heavy atom. The van der Waals surface area contributed by atoms with E-state index in [4.69, 9.17) is 5.84 Å². The lowest BCUT2D eigenvalue weighted by molar-refractivity contribution is 0.966. The van der Waals surface area contributed by atoms with E-state index in [0.717, 1.165) is 24.2 Å². The molecule has 1 aromatic carbocycles. The summed E-state index contributed by atoms with van der Waals surface area (Å²) in [6, 6.07) is 8.54. The van der Waals surface area contributed by atoms with E-state index in [1.807, 2.05) is 26.2 Å². The summed E-state index contributed by atoms with van der Waals surface area (Å²) < 4.78 is 0. The minimum Gasteiger partial charge on any atom is -0.378 e. The van der Waals surface area contributed by atoms with Crippen LogP contribution in [0.5, 0.6) is 0 Å². The standard InChI is InChI=1S/C12H19N5/c1-17(2)11-5-3-4-10(8-11)15-12(16-13)14-9-6-7-9/h3-5,8-9H,6-7,13H2,1-2H3,(H2,14,15,16). The number of hydrogen-bond donors (Lipinski definition) is 3. The number of guanidine groups is 1. The number of anilines is 2. The molecule has 0 bridgehead atoms. The third-order valence-corrected chi connectivity index (χ3v) is 2.62. The second-order valence-electron chi connectivity index (χ2n) is 4.42. The van der Waals surface area contributed by atoms with Crippen molar-refractivity contribution in [1.82, 2.24) is 5.43 Å². The fourth-order valence-electron chi connectivity index (χ4n) is 1.49. The molecule has 5 heteroatoms. The summed E-state index contributed by atoms with van der Waals surface area (Å²) in [7, 11) is 4.03. The number of hydrazine groups is 1. The topological polar surface area (TPSA) is 65.7 Å². The van der Waals surface area contributed by atoms with E-state index in [0.29, 0.717) is 12.0 Å². The van der Waals surface area contributed by atoms with Gasteiger partial charge < -0.3 is 10.2 Å². The second-order valence-corrected chi connectivity index (χ2v) is 4.42. The molecule has 2 rings (SSSR count). The van der Waals surface area contributed by atoms with Crippen LogP contribution in [0, 0.1) is 0 Å². The van der Waals surface area contributed by atoms with Crippen LogP contribution < -0.4 is 21.5 Å². The molecule has 0 amide bonds. The number of nitrogens with two attached hydrogens (primary N) is 1. The highest BCUT2D eigenvalue weighted by atomic mass is 15.3. The van der Waals surface area contributed by atoms with E-state index in [2.05, 4.69) is 32.8 Å². The molecule has 0 saturated heterocycles. The van der Waals surface area contributed by atoms with Crippen LogP contribution in [-0.2, 0) is 0 Å². The van der Waals surface area contributed by atoms with E-state index in [9.17, 15) is 0 Å². The lowest BCUT2D eigenvalue weighted by Crippen LogP contribution is -2.36. The molecule has 1 fully saturated rings. The summed E-state index contributed by atoms with van der Waals surface area (Å²) >= 11 is 0. The maximum atomic E-state index is 5.44. The number of nitrogens with zero attached hydrogens (tertiary/aromatic N) is 2. The zero-order valence-corrected chi connectivity index (χ0v) is 10.3. The van der Waals surface area contributed by atoms with Gasteiger partial charge in [0.2, 0.25) is 5.96 Å². The van der Waals surface area contributed by atoms with Gasteiger partial charge in [-0.3, -0.25) is 5.43 Å². The van der Waals surface area contributed by atoms with Crippen molar-refractivity contribution in [2.24, 2.45) is 10.8 Å². The molecule has 92 valence electrons. The average Bonchev–Trinajstić information content (AvgIpc) is 3.12. The number of benzene rings is 1. The van der Waals surface area contributed by atoms with E-state index in [1.165, 1.54) is 0 Å². The summed E-state index contributed by atoms with van der Waals surface area (Å²) in [6.45, 7) is 0. The number of nitrogens with one attached hydrogen (secondary N) is 2. The van der Waals surface area contributed by atoms with Crippen molar-refractivity contribution in [3.05, 3.63) is 24.3 Å². The third-order valence-electron chi connectivity index (χ3n) is 2.62. The zero-order chi connectivity index (χ0) is 12.3. The van der Waals surface area contributed by atoms with Gasteiger partial charge in [-0.1, -0.05) is 6.07 Å². The van der Waals surface area contributed by atoms with Crippen molar-refractivity contribution in [2.75, 3.05) is 24.3 Å². The molecule has 1 aliphatic rings. The van der Waals surface area contributed by atoms with E-state index in [-0.39, 0.29) is 0 Å². The van der Waals surface area contributed by atoms with Crippen molar-refractivity contribution < 1.29 is 0 Å². The van der Waals surface area contributed by atoms with E-state index < -0.39 is 0 Å². The molecule has 5 nitrogen and oxygen atoms in total.